The van der Waals surface area contributed by atoms with Crippen LogP contribution in [0.2, 0.25) is 5.28 Å². The minimum absolute atomic E-state index is 0.00632. The van der Waals surface area contributed by atoms with E-state index in [-0.39, 0.29) is 23.8 Å². The predicted molar refractivity (Wildman–Crippen MR) is 53.9 cm³/mol. The third kappa shape index (κ3) is 3.21. The van der Waals surface area contributed by atoms with Gasteiger partial charge in [-0.25, -0.2) is 0 Å². The molecule has 82 valence electrons. The highest BCUT2D eigenvalue weighted by Gasteiger charge is 2.11. The molecule has 0 bridgehead atoms. The molecule has 0 unspecified atom stereocenters. The molecule has 15 heavy (non-hydrogen) atoms. The number of anilines is 1. The van der Waals surface area contributed by atoms with Crippen molar-refractivity contribution in [2.45, 2.75) is 0 Å². The van der Waals surface area contributed by atoms with E-state index >= 15 is 0 Å². The van der Waals surface area contributed by atoms with Crippen molar-refractivity contribution in [2.75, 3.05) is 25.6 Å². The van der Waals surface area contributed by atoms with Crippen molar-refractivity contribution in [1.29, 1.82) is 0 Å². The first-order valence-corrected chi connectivity index (χ1v) is 4.35. The maximum Gasteiger partial charge on any atom is 0.322 e. The lowest BCUT2D eigenvalue weighted by atomic mass is 10.5. The minimum Gasteiger partial charge on any atom is -0.467 e. The molecule has 0 radical (unpaired) electrons. The van der Waals surface area contributed by atoms with Gasteiger partial charge in [0, 0.05) is 7.05 Å². The van der Waals surface area contributed by atoms with Crippen molar-refractivity contribution in [3.63, 3.8) is 0 Å². The molecule has 0 fully saturated rings. The van der Waals surface area contributed by atoms with Crippen molar-refractivity contribution in [3.8, 4) is 6.01 Å². The Morgan fingerprint density at radius 3 is 2.73 bits per heavy atom. The summed E-state index contributed by atoms with van der Waals surface area (Å²) in [6, 6.07) is 0.0846. The maximum absolute atomic E-state index is 10.7. The summed E-state index contributed by atoms with van der Waals surface area (Å²) in [4.78, 5) is 23.5. The van der Waals surface area contributed by atoms with Crippen LogP contribution in [0.1, 0.15) is 0 Å². The number of amides is 1. The van der Waals surface area contributed by atoms with Gasteiger partial charge in [0.25, 0.3) is 0 Å². The summed E-state index contributed by atoms with van der Waals surface area (Å²) in [6.45, 7) is -0.0104. The van der Waals surface area contributed by atoms with Gasteiger partial charge in [-0.2, -0.15) is 15.0 Å². The van der Waals surface area contributed by atoms with Gasteiger partial charge < -0.3 is 15.4 Å². The van der Waals surface area contributed by atoms with Crippen LogP contribution in [0.4, 0.5) is 5.95 Å². The van der Waals surface area contributed by atoms with Gasteiger partial charge in [0.2, 0.25) is 17.1 Å². The Balaban J connectivity index is 2.92. The molecule has 0 saturated heterocycles. The van der Waals surface area contributed by atoms with Gasteiger partial charge in [-0.05, 0) is 11.6 Å². The molecule has 1 heterocycles. The third-order valence-corrected chi connectivity index (χ3v) is 1.66. The van der Waals surface area contributed by atoms with Crippen LogP contribution >= 0.6 is 11.6 Å². The van der Waals surface area contributed by atoms with Gasteiger partial charge in [0.05, 0.1) is 13.7 Å². The monoisotopic (exact) mass is 231 g/mol. The summed E-state index contributed by atoms with van der Waals surface area (Å²) in [5.41, 5.74) is 5.02. The molecule has 0 aliphatic rings. The number of likely N-dealkylation sites (N-methyl/N-ethyl adjacent to an activating group) is 1. The van der Waals surface area contributed by atoms with E-state index in [4.69, 9.17) is 22.1 Å². The molecule has 1 rings (SSSR count). The quantitative estimate of drug-likeness (QED) is 0.748. The Labute approximate surface area is 91.2 Å². The first kappa shape index (κ1) is 11.4. The van der Waals surface area contributed by atoms with Crippen LogP contribution < -0.4 is 15.4 Å². The van der Waals surface area contributed by atoms with Crippen LogP contribution in [0, 0.1) is 0 Å². The Kier molecular flexibility index (Phi) is 3.62. The van der Waals surface area contributed by atoms with Crippen molar-refractivity contribution >= 4 is 23.5 Å². The Morgan fingerprint density at radius 1 is 1.53 bits per heavy atom. The van der Waals surface area contributed by atoms with Crippen molar-refractivity contribution in [3.05, 3.63) is 5.28 Å². The zero-order valence-electron chi connectivity index (χ0n) is 8.27. The molecule has 0 spiro atoms. The number of hydrogen-bond acceptors (Lipinski definition) is 6. The number of aromatic nitrogens is 3. The molecule has 8 heteroatoms. The average molecular weight is 232 g/mol. The molecular formula is C7H10ClN5O2. The van der Waals surface area contributed by atoms with Crippen LogP contribution in [0.15, 0.2) is 0 Å². The van der Waals surface area contributed by atoms with Crippen molar-refractivity contribution < 1.29 is 9.53 Å². The molecule has 1 aromatic rings. The van der Waals surface area contributed by atoms with E-state index in [0.29, 0.717) is 0 Å². The fraction of sp³-hybridized carbons (Fsp3) is 0.429. The first-order chi connectivity index (χ1) is 7.02. The van der Waals surface area contributed by atoms with Gasteiger partial charge in [0.15, 0.2) is 0 Å². The number of rotatable bonds is 4. The molecular weight excluding hydrogens is 222 g/mol. The van der Waals surface area contributed by atoms with Gasteiger partial charge in [0.1, 0.15) is 0 Å². The van der Waals surface area contributed by atoms with Crippen LogP contribution in [0.5, 0.6) is 6.01 Å². The molecule has 2 N–H and O–H groups in total. The Bertz CT molecular complexity index is 372. The van der Waals surface area contributed by atoms with E-state index in [1.807, 2.05) is 0 Å². The highest BCUT2D eigenvalue weighted by molar-refractivity contribution is 6.28. The third-order valence-electron chi connectivity index (χ3n) is 1.49. The number of hydrogen-bond donors (Lipinski definition) is 1. The number of carbonyl (C=O) groups excluding carboxylic acids is 1. The fourth-order valence-electron chi connectivity index (χ4n) is 0.888. The van der Waals surface area contributed by atoms with Gasteiger partial charge >= 0.3 is 6.01 Å². The minimum atomic E-state index is -0.493. The number of ether oxygens (including phenoxy) is 1. The van der Waals surface area contributed by atoms with Crippen molar-refractivity contribution in [1.82, 2.24) is 15.0 Å². The molecule has 0 saturated carbocycles. The van der Waals surface area contributed by atoms with E-state index in [1.54, 1.807) is 7.05 Å². The summed E-state index contributed by atoms with van der Waals surface area (Å²) >= 11 is 5.62. The number of nitrogens with two attached hydrogens (primary N) is 1. The smallest absolute Gasteiger partial charge is 0.322 e. The van der Waals surface area contributed by atoms with Crippen molar-refractivity contribution in [2.24, 2.45) is 5.73 Å². The lowest BCUT2D eigenvalue weighted by Crippen LogP contribution is -2.31. The Morgan fingerprint density at radius 2 is 2.20 bits per heavy atom. The summed E-state index contributed by atoms with van der Waals surface area (Å²) in [6.07, 6.45) is 0. The SMILES string of the molecule is COc1nc(Cl)nc(N(C)CC(N)=O)n1. The number of primary amides is 1. The van der Waals surface area contributed by atoms with Gasteiger partial charge in [-0.15, -0.1) is 0 Å². The standard InChI is InChI=1S/C7H10ClN5O2/c1-13(3-4(9)14)6-10-5(8)11-7(12-6)15-2/h3H2,1-2H3,(H2,9,14). The highest BCUT2D eigenvalue weighted by atomic mass is 35.5. The summed E-state index contributed by atoms with van der Waals surface area (Å²) in [7, 11) is 3.01. The highest BCUT2D eigenvalue weighted by Crippen LogP contribution is 2.13. The van der Waals surface area contributed by atoms with E-state index in [0.717, 1.165) is 0 Å². The molecule has 0 aliphatic heterocycles. The molecule has 0 atom stereocenters. The topological polar surface area (TPSA) is 94.2 Å². The predicted octanol–water partition coefficient (Wildman–Crippen LogP) is -0.545. The van der Waals surface area contributed by atoms with E-state index < -0.39 is 5.91 Å². The largest absolute Gasteiger partial charge is 0.467 e. The summed E-state index contributed by atoms with van der Waals surface area (Å²) < 4.78 is 4.80. The molecule has 0 aliphatic carbocycles. The normalized spacial score (nSPS) is 9.80. The maximum atomic E-state index is 10.7. The molecule has 0 aromatic carbocycles. The van der Waals surface area contributed by atoms with E-state index in [2.05, 4.69) is 15.0 Å². The zero-order chi connectivity index (χ0) is 11.4. The number of methoxy groups -OCH3 is 1. The number of halogens is 1. The molecule has 1 amide bonds. The van der Waals surface area contributed by atoms with E-state index in [9.17, 15) is 4.79 Å². The summed E-state index contributed by atoms with van der Waals surface area (Å²) in [5.74, 6) is -0.265. The average Bonchev–Trinajstić information content (AvgIpc) is 2.15. The zero-order valence-corrected chi connectivity index (χ0v) is 9.02. The van der Waals surface area contributed by atoms with Crippen LogP contribution in [0.3, 0.4) is 0 Å². The second-order valence-electron chi connectivity index (χ2n) is 2.71. The van der Waals surface area contributed by atoms with E-state index in [1.165, 1.54) is 12.0 Å². The van der Waals surface area contributed by atoms with Crippen LogP contribution in [-0.4, -0.2) is 41.6 Å². The van der Waals surface area contributed by atoms with Gasteiger partial charge in [-0.3, -0.25) is 4.79 Å². The summed E-state index contributed by atoms with van der Waals surface area (Å²) in [5, 5.41) is -0.00632. The van der Waals surface area contributed by atoms with Gasteiger partial charge in [-0.1, -0.05) is 0 Å². The fourth-order valence-corrected chi connectivity index (χ4v) is 1.04. The second kappa shape index (κ2) is 4.74. The lowest BCUT2D eigenvalue weighted by Gasteiger charge is -2.14. The molecule has 7 nitrogen and oxygen atoms in total. The molecule has 1 aromatic heterocycles. The second-order valence-corrected chi connectivity index (χ2v) is 3.05. The number of carbonyl (C=O) groups is 1. The number of nitrogens with zero attached hydrogens (tertiary/aromatic N) is 4. The first-order valence-electron chi connectivity index (χ1n) is 3.98. The Hall–Kier alpha value is -1.63. The lowest BCUT2D eigenvalue weighted by molar-refractivity contribution is -0.116. The van der Waals surface area contributed by atoms with Crippen LogP contribution in [0.25, 0.3) is 0 Å². The van der Waals surface area contributed by atoms with Crippen LogP contribution in [-0.2, 0) is 4.79 Å².